The van der Waals surface area contributed by atoms with Crippen molar-refractivity contribution in [2.75, 3.05) is 12.4 Å². The lowest BCUT2D eigenvalue weighted by molar-refractivity contribution is 0.415. The van der Waals surface area contributed by atoms with E-state index in [2.05, 4.69) is 52.4 Å². The third-order valence-corrected chi connectivity index (χ3v) is 2.83. The molecule has 1 aromatic rings. The van der Waals surface area contributed by atoms with Crippen molar-refractivity contribution < 1.29 is 4.74 Å². The molecule has 0 saturated heterocycles. The third kappa shape index (κ3) is 6.32. The van der Waals surface area contributed by atoms with Gasteiger partial charge in [-0.2, -0.15) is 0 Å². The van der Waals surface area contributed by atoms with Gasteiger partial charge in [-0.25, -0.2) is 0 Å². The van der Waals surface area contributed by atoms with E-state index in [-0.39, 0.29) is 0 Å². The molecular weight excluding hydrogens is 276 g/mol. The van der Waals surface area contributed by atoms with Crippen LogP contribution in [-0.4, -0.2) is 12.4 Å². The highest BCUT2D eigenvalue weighted by molar-refractivity contribution is 9.09. The Kier molecular flexibility index (Phi) is 7.48. The Bertz CT molecular complexity index is 352. The molecule has 0 heterocycles. The molecule has 0 amide bonds. The quantitative estimate of drug-likeness (QED) is 0.398. The Balaban J connectivity index is 2.28. The van der Waals surface area contributed by atoms with E-state index in [0.717, 1.165) is 30.3 Å². The fourth-order valence-corrected chi connectivity index (χ4v) is 1.69. The average Bonchev–Trinajstić information content (AvgIpc) is 2.38. The van der Waals surface area contributed by atoms with E-state index in [1.54, 1.807) is 7.11 Å². The molecule has 0 saturated carbocycles. The second kappa shape index (κ2) is 9.06. The van der Waals surface area contributed by atoms with Crippen LogP contribution in [0.4, 0.5) is 0 Å². The van der Waals surface area contributed by atoms with Gasteiger partial charge in [-0.05, 0) is 37.0 Å². The van der Waals surface area contributed by atoms with Crippen molar-refractivity contribution in [1.82, 2.24) is 0 Å². The van der Waals surface area contributed by atoms with E-state index in [4.69, 9.17) is 4.74 Å². The Morgan fingerprint density at radius 3 is 2.29 bits per heavy atom. The molecule has 0 N–H and O–H groups in total. The average molecular weight is 295 g/mol. The molecule has 2 heteroatoms. The highest BCUT2D eigenvalue weighted by Gasteiger charge is 1.89. The van der Waals surface area contributed by atoms with Crippen LogP contribution >= 0.6 is 15.9 Å². The summed E-state index contributed by atoms with van der Waals surface area (Å²) in [7, 11) is 1.68. The number of hydrogen-bond acceptors (Lipinski definition) is 1. The summed E-state index contributed by atoms with van der Waals surface area (Å²) >= 11 is 3.40. The minimum Gasteiger partial charge on any atom is -0.497 e. The van der Waals surface area contributed by atoms with E-state index in [9.17, 15) is 0 Å². The summed E-state index contributed by atoms with van der Waals surface area (Å²) in [5.41, 5.74) is 1.22. The predicted molar refractivity (Wildman–Crippen MR) is 78.8 cm³/mol. The van der Waals surface area contributed by atoms with Gasteiger partial charge in [-0.15, -0.1) is 0 Å². The molecule has 1 aromatic carbocycles. The van der Waals surface area contributed by atoms with E-state index >= 15 is 0 Å². The van der Waals surface area contributed by atoms with Crippen molar-refractivity contribution in [3.05, 3.63) is 48.1 Å². The minimum absolute atomic E-state index is 0.903. The van der Waals surface area contributed by atoms with Crippen molar-refractivity contribution in [3.63, 3.8) is 0 Å². The van der Waals surface area contributed by atoms with Crippen LogP contribution in [0.5, 0.6) is 5.75 Å². The molecule has 17 heavy (non-hydrogen) atoms. The van der Waals surface area contributed by atoms with E-state index < -0.39 is 0 Å². The van der Waals surface area contributed by atoms with Crippen LogP contribution < -0.4 is 4.74 Å². The maximum Gasteiger partial charge on any atom is 0.118 e. The molecule has 0 bridgehead atoms. The van der Waals surface area contributed by atoms with Gasteiger partial charge in [-0.3, -0.25) is 0 Å². The first-order valence-corrected chi connectivity index (χ1v) is 7.00. The SMILES string of the molecule is COc1ccc(/C=C/CC/C=C/CCBr)cc1. The fourth-order valence-electron chi connectivity index (χ4n) is 1.43. The third-order valence-electron chi connectivity index (χ3n) is 2.37. The maximum atomic E-state index is 5.11. The van der Waals surface area contributed by atoms with Gasteiger partial charge in [0.2, 0.25) is 0 Å². The number of ether oxygens (including phenoxy) is 1. The van der Waals surface area contributed by atoms with Gasteiger partial charge in [0.15, 0.2) is 0 Å². The lowest BCUT2D eigenvalue weighted by Crippen LogP contribution is -1.81. The molecule has 0 aliphatic heterocycles. The zero-order chi connectivity index (χ0) is 12.3. The van der Waals surface area contributed by atoms with Crippen molar-refractivity contribution >= 4 is 22.0 Å². The van der Waals surface area contributed by atoms with Crippen LogP contribution in [-0.2, 0) is 0 Å². The molecule has 0 fully saturated rings. The molecule has 0 radical (unpaired) electrons. The first-order chi connectivity index (χ1) is 8.36. The van der Waals surface area contributed by atoms with Gasteiger partial charge in [-0.1, -0.05) is 52.4 Å². The van der Waals surface area contributed by atoms with Gasteiger partial charge >= 0.3 is 0 Å². The molecule has 1 rings (SSSR count). The molecule has 0 unspecified atom stereocenters. The van der Waals surface area contributed by atoms with Crippen LogP contribution in [0.25, 0.3) is 6.08 Å². The van der Waals surface area contributed by atoms with Gasteiger partial charge in [0.05, 0.1) is 7.11 Å². The van der Waals surface area contributed by atoms with Gasteiger partial charge in [0, 0.05) is 5.33 Å². The number of benzene rings is 1. The van der Waals surface area contributed by atoms with Crippen LogP contribution in [0.15, 0.2) is 42.5 Å². The van der Waals surface area contributed by atoms with Crippen molar-refractivity contribution in [2.24, 2.45) is 0 Å². The first-order valence-electron chi connectivity index (χ1n) is 5.88. The molecule has 0 atom stereocenters. The summed E-state index contributed by atoms with van der Waals surface area (Å²) in [6.07, 6.45) is 12.1. The lowest BCUT2D eigenvalue weighted by Gasteiger charge is -1.98. The highest BCUT2D eigenvalue weighted by Crippen LogP contribution is 2.12. The van der Waals surface area contributed by atoms with Crippen LogP contribution in [0, 0.1) is 0 Å². The molecule has 92 valence electrons. The van der Waals surface area contributed by atoms with Crippen molar-refractivity contribution in [1.29, 1.82) is 0 Å². The maximum absolute atomic E-state index is 5.11. The zero-order valence-corrected chi connectivity index (χ0v) is 11.8. The first kappa shape index (κ1) is 14.0. The highest BCUT2D eigenvalue weighted by atomic mass is 79.9. The topological polar surface area (TPSA) is 9.23 Å². The van der Waals surface area contributed by atoms with E-state index in [0.29, 0.717) is 0 Å². The van der Waals surface area contributed by atoms with Crippen LogP contribution in [0.2, 0.25) is 0 Å². The van der Waals surface area contributed by atoms with E-state index in [1.807, 2.05) is 12.1 Å². The van der Waals surface area contributed by atoms with Gasteiger partial charge in [0.25, 0.3) is 0 Å². The number of halogens is 1. The summed E-state index contributed by atoms with van der Waals surface area (Å²) < 4.78 is 5.11. The number of rotatable bonds is 7. The smallest absolute Gasteiger partial charge is 0.118 e. The molecule has 1 nitrogen and oxygen atoms in total. The summed E-state index contributed by atoms with van der Waals surface area (Å²) in [5, 5.41) is 1.05. The number of alkyl halides is 1. The van der Waals surface area contributed by atoms with Crippen LogP contribution in [0.1, 0.15) is 24.8 Å². The Morgan fingerprint density at radius 1 is 1.00 bits per heavy atom. The van der Waals surface area contributed by atoms with Gasteiger partial charge in [0.1, 0.15) is 5.75 Å². The molecule has 0 aromatic heterocycles. The second-order valence-corrected chi connectivity index (χ2v) is 4.49. The molecular formula is C15H19BrO. The monoisotopic (exact) mass is 294 g/mol. The second-order valence-electron chi connectivity index (χ2n) is 3.70. The number of allylic oxidation sites excluding steroid dienone is 3. The number of methoxy groups -OCH3 is 1. The minimum atomic E-state index is 0.903. The summed E-state index contributed by atoms with van der Waals surface area (Å²) in [4.78, 5) is 0. The van der Waals surface area contributed by atoms with Crippen LogP contribution in [0.3, 0.4) is 0 Å². The molecule has 0 spiro atoms. The number of unbranched alkanes of at least 4 members (excludes halogenated alkanes) is 1. The Hall–Kier alpha value is -1.02. The lowest BCUT2D eigenvalue weighted by atomic mass is 10.2. The summed E-state index contributed by atoms with van der Waals surface area (Å²) in [6, 6.07) is 8.09. The standard InChI is InChI=1S/C15H19BrO/c1-17-15-11-9-14(10-12-15)8-6-4-2-3-5-7-13-16/h3,5-6,8-12H,2,4,7,13H2,1H3/b5-3+,8-6+. The van der Waals surface area contributed by atoms with Crippen molar-refractivity contribution in [2.45, 2.75) is 19.3 Å². The van der Waals surface area contributed by atoms with Crippen molar-refractivity contribution in [3.8, 4) is 5.75 Å². The Morgan fingerprint density at radius 2 is 1.65 bits per heavy atom. The largest absolute Gasteiger partial charge is 0.497 e. The van der Waals surface area contributed by atoms with E-state index in [1.165, 1.54) is 5.56 Å². The predicted octanol–water partition coefficient (Wildman–Crippen LogP) is 4.83. The fraction of sp³-hybridized carbons (Fsp3) is 0.333. The molecule has 0 aliphatic rings. The number of hydrogen-bond donors (Lipinski definition) is 0. The normalized spacial score (nSPS) is 11.4. The summed E-state index contributed by atoms with van der Waals surface area (Å²) in [6.45, 7) is 0. The van der Waals surface area contributed by atoms with Gasteiger partial charge < -0.3 is 4.74 Å². The zero-order valence-electron chi connectivity index (χ0n) is 10.2. The Labute approximate surface area is 112 Å². The summed E-state index contributed by atoms with van der Waals surface area (Å²) in [5.74, 6) is 0.903. The molecule has 0 aliphatic carbocycles.